The molecule has 1 aromatic heterocycles. The lowest BCUT2D eigenvalue weighted by atomic mass is 9.77. The molecule has 5 nitrogen and oxygen atoms in total. The van der Waals surface area contributed by atoms with Gasteiger partial charge in [-0.2, -0.15) is 13.2 Å². The molecule has 1 aliphatic carbocycles. The Morgan fingerprint density at radius 2 is 1.77 bits per heavy atom. The first-order chi connectivity index (χ1) is 16.6. The molecule has 35 heavy (non-hydrogen) atoms. The number of nitrogens with zero attached hydrogens (tertiary/aromatic N) is 3. The van der Waals surface area contributed by atoms with E-state index in [1.165, 1.54) is 17.1 Å². The summed E-state index contributed by atoms with van der Waals surface area (Å²) >= 11 is 0. The molecule has 1 amide bonds. The first-order valence-electron chi connectivity index (χ1n) is 12.7. The van der Waals surface area contributed by atoms with Gasteiger partial charge in [0.25, 0.3) is 5.91 Å². The summed E-state index contributed by atoms with van der Waals surface area (Å²) in [4.78, 5) is 17.7. The lowest BCUT2D eigenvalue weighted by molar-refractivity contribution is -0.145. The van der Waals surface area contributed by atoms with Gasteiger partial charge in [-0.25, -0.2) is 0 Å². The van der Waals surface area contributed by atoms with Crippen LogP contribution >= 0.6 is 0 Å². The van der Waals surface area contributed by atoms with Gasteiger partial charge in [0.1, 0.15) is 11.4 Å². The van der Waals surface area contributed by atoms with E-state index in [0.717, 1.165) is 29.8 Å². The van der Waals surface area contributed by atoms with E-state index in [4.69, 9.17) is 4.74 Å². The number of aryl methyl sites for hydroxylation is 1. The Balaban J connectivity index is 1.39. The van der Waals surface area contributed by atoms with Gasteiger partial charge >= 0.3 is 6.18 Å². The van der Waals surface area contributed by atoms with E-state index < -0.39 is 17.4 Å². The molecular weight excluding hydrogens is 455 g/mol. The minimum Gasteiger partial charge on any atom is -0.491 e. The molecule has 1 spiro atoms. The lowest BCUT2D eigenvalue weighted by Crippen LogP contribution is -2.62. The Morgan fingerprint density at radius 1 is 1.06 bits per heavy atom. The van der Waals surface area contributed by atoms with Gasteiger partial charge in [0.15, 0.2) is 0 Å². The molecule has 2 aliphatic heterocycles. The van der Waals surface area contributed by atoms with Crippen molar-refractivity contribution in [3.05, 3.63) is 52.8 Å². The van der Waals surface area contributed by atoms with Gasteiger partial charge in [0.05, 0.1) is 11.6 Å². The van der Waals surface area contributed by atoms with Crippen molar-refractivity contribution in [2.75, 3.05) is 19.6 Å². The number of likely N-dealkylation sites (tertiary alicyclic amines) is 1. The van der Waals surface area contributed by atoms with Crippen molar-refractivity contribution in [2.45, 2.75) is 83.3 Å². The zero-order valence-electron chi connectivity index (χ0n) is 20.7. The maximum Gasteiger partial charge on any atom is 0.431 e. The van der Waals surface area contributed by atoms with E-state index in [2.05, 4.69) is 4.90 Å². The number of benzene rings is 1. The van der Waals surface area contributed by atoms with Gasteiger partial charge in [-0.1, -0.05) is 6.42 Å². The first-order valence-corrected chi connectivity index (χ1v) is 12.7. The molecule has 3 aliphatic rings. The number of ether oxygens (including phenoxy) is 1. The fourth-order valence-electron chi connectivity index (χ4n) is 6.14. The highest BCUT2D eigenvalue weighted by atomic mass is 19.4. The Labute approximate surface area is 204 Å². The third-order valence-corrected chi connectivity index (χ3v) is 8.04. The predicted octanol–water partition coefficient (Wildman–Crippen LogP) is 5.60. The maximum atomic E-state index is 13.7. The normalized spacial score (nSPS) is 20.7. The molecule has 3 heterocycles. The fraction of sp³-hybridized carbons (Fsp3) is 0.593. The Morgan fingerprint density at radius 3 is 2.34 bits per heavy atom. The van der Waals surface area contributed by atoms with Crippen LogP contribution in [0.5, 0.6) is 5.75 Å². The third kappa shape index (κ3) is 4.24. The van der Waals surface area contributed by atoms with Crippen LogP contribution in [0.1, 0.15) is 73.3 Å². The Kier molecular flexibility index (Phi) is 6.14. The second-order valence-corrected chi connectivity index (χ2v) is 10.5. The topological polar surface area (TPSA) is 37.7 Å². The molecule has 5 rings (SSSR count). The molecule has 1 saturated heterocycles. The van der Waals surface area contributed by atoms with Crippen LogP contribution in [0.3, 0.4) is 0 Å². The summed E-state index contributed by atoms with van der Waals surface area (Å²) in [5.74, 6) is 0.741. The van der Waals surface area contributed by atoms with Crippen molar-refractivity contribution in [3.63, 3.8) is 0 Å². The van der Waals surface area contributed by atoms with Gasteiger partial charge in [-0.3, -0.25) is 9.69 Å². The zero-order valence-corrected chi connectivity index (χ0v) is 20.7. The second kappa shape index (κ2) is 8.87. The number of halogens is 3. The van der Waals surface area contributed by atoms with Crippen LogP contribution in [0.2, 0.25) is 0 Å². The Bertz CT molecular complexity index is 1100. The van der Waals surface area contributed by atoms with E-state index >= 15 is 0 Å². The minimum atomic E-state index is -4.36. The molecule has 0 radical (unpaired) electrons. The SMILES string of the molecule is Cc1cc(C(=O)N2CCC3(CC2)c2ccc(C(F)(F)F)n2CCN3C2CCC2)ccc1OC(C)C. The Hall–Kier alpha value is -2.48. The number of fused-ring (bicyclic) bond motifs is 2. The van der Waals surface area contributed by atoms with E-state index in [9.17, 15) is 18.0 Å². The quantitative estimate of drug-likeness (QED) is 0.561. The molecule has 1 aromatic carbocycles. The molecular formula is C27H34F3N3O2. The molecule has 0 atom stereocenters. The van der Waals surface area contributed by atoms with E-state index in [0.29, 0.717) is 50.6 Å². The van der Waals surface area contributed by atoms with Crippen LogP contribution in [-0.2, 0) is 18.3 Å². The van der Waals surface area contributed by atoms with Gasteiger partial charge in [0, 0.05) is 43.5 Å². The summed E-state index contributed by atoms with van der Waals surface area (Å²) < 4.78 is 48.4. The van der Waals surface area contributed by atoms with Gasteiger partial charge in [-0.05, 0) is 82.3 Å². The molecule has 2 aromatic rings. The van der Waals surface area contributed by atoms with Crippen LogP contribution in [0, 0.1) is 6.92 Å². The summed E-state index contributed by atoms with van der Waals surface area (Å²) in [6, 6.07) is 8.86. The van der Waals surface area contributed by atoms with Crippen molar-refractivity contribution in [1.82, 2.24) is 14.4 Å². The highest BCUT2D eigenvalue weighted by Crippen LogP contribution is 2.48. The first kappa shape index (κ1) is 24.2. The number of carbonyl (C=O) groups excluding carboxylic acids is 1. The maximum absolute atomic E-state index is 13.7. The van der Waals surface area contributed by atoms with E-state index in [1.54, 1.807) is 12.1 Å². The van der Waals surface area contributed by atoms with Crippen LogP contribution < -0.4 is 4.74 Å². The highest BCUT2D eigenvalue weighted by Gasteiger charge is 2.51. The summed E-state index contributed by atoms with van der Waals surface area (Å²) in [6.45, 7) is 7.91. The van der Waals surface area contributed by atoms with Gasteiger partial charge in [-0.15, -0.1) is 0 Å². The molecule has 8 heteroatoms. The summed E-state index contributed by atoms with van der Waals surface area (Å²) in [5.41, 5.74) is 1.30. The van der Waals surface area contributed by atoms with Crippen molar-refractivity contribution < 1.29 is 22.7 Å². The average molecular weight is 490 g/mol. The lowest BCUT2D eigenvalue weighted by Gasteiger charge is -2.56. The smallest absolute Gasteiger partial charge is 0.431 e. The number of aromatic nitrogens is 1. The van der Waals surface area contributed by atoms with Crippen LogP contribution in [-0.4, -0.2) is 52.1 Å². The monoisotopic (exact) mass is 489 g/mol. The molecule has 1 saturated carbocycles. The molecule has 2 fully saturated rings. The summed E-state index contributed by atoms with van der Waals surface area (Å²) in [7, 11) is 0. The van der Waals surface area contributed by atoms with Crippen molar-refractivity contribution in [1.29, 1.82) is 0 Å². The number of carbonyl (C=O) groups is 1. The third-order valence-electron chi connectivity index (χ3n) is 8.04. The van der Waals surface area contributed by atoms with Crippen LogP contribution in [0.25, 0.3) is 0 Å². The standard InChI is InChI=1S/C27H34F3N3O2/c1-18(2)35-22-8-7-20(17-19(22)3)25(34)31-13-11-26(12-14-31)23-9-10-24(27(28,29)30)32(23)15-16-33(26)21-5-4-6-21/h7-10,17-18,21H,4-6,11-16H2,1-3H3. The predicted molar refractivity (Wildman–Crippen MR) is 128 cm³/mol. The fourth-order valence-corrected chi connectivity index (χ4v) is 6.14. The molecule has 0 unspecified atom stereocenters. The molecule has 0 N–H and O–H groups in total. The van der Waals surface area contributed by atoms with Crippen LogP contribution in [0.15, 0.2) is 30.3 Å². The average Bonchev–Trinajstić information content (AvgIpc) is 3.22. The summed E-state index contributed by atoms with van der Waals surface area (Å²) in [5, 5.41) is 0. The summed E-state index contributed by atoms with van der Waals surface area (Å²) in [6.07, 6.45) is 0.348. The zero-order chi connectivity index (χ0) is 25.0. The molecule has 190 valence electrons. The number of piperidine rings is 1. The van der Waals surface area contributed by atoms with Crippen molar-refractivity contribution >= 4 is 5.91 Å². The largest absolute Gasteiger partial charge is 0.491 e. The van der Waals surface area contributed by atoms with E-state index in [1.807, 2.05) is 37.8 Å². The van der Waals surface area contributed by atoms with E-state index in [-0.39, 0.29) is 12.0 Å². The molecule has 0 bridgehead atoms. The van der Waals surface area contributed by atoms with Gasteiger partial charge in [0.2, 0.25) is 0 Å². The van der Waals surface area contributed by atoms with Crippen molar-refractivity contribution in [3.8, 4) is 5.75 Å². The minimum absolute atomic E-state index is 0.0311. The highest BCUT2D eigenvalue weighted by molar-refractivity contribution is 5.94. The number of hydrogen-bond donors (Lipinski definition) is 0. The van der Waals surface area contributed by atoms with Crippen LogP contribution in [0.4, 0.5) is 13.2 Å². The van der Waals surface area contributed by atoms with Gasteiger partial charge < -0.3 is 14.2 Å². The number of hydrogen-bond acceptors (Lipinski definition) is 3. The number of alkyl halides is 3. The second-order valence-electron chi connectivity index (χ2n) is 10.5. The number of amides is 1. The van der Waals surface area contributed by atoms with Crippen molar-refractivity contribution in [2.24, 2.45) is 0 Å². The number of rotatable bonds is 4.